The zero-order chi connectivity index (χ0) is 21.3. The Morgan fingerprint density at radius 3 is 2.63 bits per heavy atom. The number of guanidine groups is 1. The van der Waals surface area contributed by atoms with Crippen molar-refractivity contribution in [3.63, 3.8) is 0 Å². The van der Waals surface area contributed by atoms with Gasteiger partial charge in [-0.25, -0.2) is 0 Å². The Morgan fingerprint density at radius 2 is 1.97 bits per heavy atom. The monoisotopic (exact) mass is 415 g/mol. The number of hydrogen-bond donors (Lipinski definition) is 3. The molecule has 166 valence electrons. The lowest BCUT2D eigenvalue weighted by atomic mass is 9.89. The molecule has 30 heavy (non-hydrogen) atoms. The van der Waals surface area contributed by atoms with Crippen LogP contribution < -0.4 is 16.4 Å². The van der Waals surface area contributed by atoms with E-state index in [2.05, 4.69) is 53.6 Å². The number of likely N-dealkylation sites (tertiary alicyclic amines) is 1. The normalized spacial score (nSPS) is 23.9. The summed E-state index contributed by atoms with van der Waals surface area (Å²) in [6.45, 7) is 8.71. The lowest BCUT2D eigenvalue weighted by Crippen LogP contribution is -2.50. The molecule has 0 spiro atoms. The molecule has 2 atom stereocenters. The molecule has 1 amide bonds. The van der Waals surface area contributed by atoms with Gasteiger partial charge in [0, 0.05) is 44.7 Å². The maximum Gasteiger partial charge on any atom is 0.231 e. The summed E-state index contributed by atoms with van der Waals surface area (Å²) >= 11 is 0. The van der Waals surface area contributed by atoms with Crippen LogP contribution in [0.5, 0.6) is 0 Å². The van der Waals surface area contributed by atoms with Crippen molar-refractivity contribution in [2.75, 3.05) is 39.3 Å². The number of amides is 1. The summed E-state index contributed by atoms with van der Waals surface area (Å²) in [6.07, 6.45) is 4.30. The topological polar surface area (TPSA) is 92.0 Å². The Labute approximate surface area is 180 Å². The third-order valence-electron chi connectivity index (χ3n) is 5.99. The average Bonchev–Trinajstić information content (AvgIpc) is 2.74. The van der Waals surface area contributed by atoms with E-state index in [0.29, 0.717) is 18.5 Å². The molecule has 1 aromatic carbocycles. The molecule has 0 saturated carbocycles. The number of piperidine rings is 1. The number of nitrogens with zero attached hydrogens (tertiary/aromatic N) is 2. The molecule has 4 N–H and O–H groups in total. The first-order chi connectivity index (χ1) is 14.5. The summed E-state index contributed by atoms with van der Waals surface area (Å²) in [4.78, 5) is 18.2. The van der Waals surface area contributed by atoms with E-state index in [1.807, 2.05) is 0 Å². The number of aryl methyl sites for hydroxylation is 1. The number of nitrogens with one attached hydrogen (secondary N) is 2. The van der Waals surface area contributed by atoms with Gasteiger partial charge in [-0.2, -0.15) is 0 Å². The zero-order valence-electron chi connectivity index (χ0n) is 18.4. The van der Waals surface area contributed by atoms with E-state index >= 15 is 0 Å². The Kier molecular flexibility index (Phi) is 8.51. The highest BCUT2D eigenvalue weighted by atomic mass is 16.5. The van der Waals surface area contributed by atoms with Crippen LogP contribution in [0.25, 0.3) is 0 Å². The van der Waals surface area contributed by atoms with Gasteiger partial charge in [-0.3, -0.25) is 14.7 Å². The Hall–Kier alpha value is -2.12. The molecular weight excluding hydrogens is 378 g/mol. The number of carbonyl (C=O) groups is 1. The molecule has 7 heteroatoms. The van der Waals surface area contributed by atoms with E-state index in [9.17, 15) is 4.79 Å². The lowest BCUT2D eigenvalue weighted by Gasteiger charge is -2.33. The largest absolute Gasteiger partial charge is 0.373 e. The van der Waals surface area contributed by atoms with Crippen LogP contribution in [0.3, 0.4) is 0 Å². The van der Waals surface area contributed by atoms with Gasteiger partial charge in [0.1, 0.15) is 0 Å². The van der Waals surface area contributed by atoms with Crippen molar-refractivity contribution in [1.29, 1.82) is 0 Å². The van der Waals surface area contributed by atoms with Crippen molar-refractivity contribution in [2.45, 2.75) is 51.7 Å². The minimum absolute atomic E-state index is 0.114. The summed E-state index contributed by atoms with van der Waals surface area (Å²) in [5.74, 6) is 1.00. The van der Waals surface area contributed by atoms with Crippen LogP contribution in [0.15, 0.2) is 29.3 Å². The predicted molar refractivity (Wildman–Crippen MR) is 120 cm³/mol. The second-order valence-corrected chi connectivity index (χ2v) is 8.49. The van der Waals surface area contributed by atoms with Crippen molar-refractivity contribution in [1.82, 2.24) is 15.5 Å². The van der Waals surface area contributed by atoms with Crippen LogP contribution in [0.2, 0.25) is 0 Å². The van der Waals surface area contributed by atoms with Crippen LogP contribution in [-0.2, 0) is 9.53 Å². The summed E-state index contributed by atoms with van der Waals surface area (Å²) in [5, 5.41) is 6.97. The molecule has 0 radical (unpaired) electrons. The molecule has 0 aliphatic carbocycles. The van der Waals surface area contributed by atoms with Crippen molar-refractivity contribution < 1.29 is 9.53 Å². The molecule has 1 aromatic rings. The van der Waals surface area contributed by atoms with Crippen molar-refractivity contribution >= 4 is 11.9 Å². The first-order valence-corrected chi connectivity index (χ1v) is 11.3. The first kappa shape index (κ1) is 22.6. The minimum atomic E-state index is -0.255. The van der Waals surface area contributed by atoms with Gasteiger partial charge in [-0.05, 0) is 45.1 Å². The molecule has 0 aromatic heterocycles. The molecule has 2 saturated heterocycles. The SMILES string of the molecule is CCNC(=NCC1CCCOC1c1ccc(C)cc1)NC1CCN(CC(N)=O)CC1. The molecule has 2 fully saturated rings. The quantitative estimate of drug-likeness (QED) is 0.468. The fraction of sp³-hybridized carbons (Fsp3) is 0.652. The van der Waals surface area contributed by atoms with Gasteiger partial charge >= 0.3 is 0 Å². The number of nitrogens with two attached hydrogens (primary N) is 1. The average molecular weight is 416 g/mol. The molecule has 2 aliphatic heterocycles. The molecule has 2 heterocycles. The highest BCUT2D eigenvalue weighted by molar-refractivity contribution is 5.80. The second kappa shape index (κ2) is 11.3. The molecule has 0 bridgehead atoms. The Morgan fingerprint density at radius 1 is 1.23 bits per heavy atom. The molecule has 3 rings (SSSR count). The summed E-state index contributed by atoms with van der Waals surface area (Å²) in [6, 6.07) is 9.05. The van der Waals surface area contributed by atoms with Gasteiger partial charge < -0.3 is 21.1 Å². The Balaban J connectivity index is 1.57. The fourth-order valence-electron chi connectivity index (χ4n) is 4.33. The van der Waals surface area contributed by atoms with Gasteiger partial charge in [0.2, 0.25) is 5.91 Å². The smallest absolute Gasteiger partial charge is 0.231 e. The van der Waals surface area contributed by atoms with Crippen LogP contribution >= 0.6 is 0 Å². The lowest BCUT2D eigenvalue weighted by molar-refractivity contribution is -0.119. The first-order valence-electron chi connectivity index (χ1n) is 11.3. The van der Waals surface area contributed by atoms with Crippen LogP contribution in [0.4, 0.5) is 0 Å². The number of ether oxygens (including phenoxy) is 1. The predicted octanol–water partition coefficient (Wildman–Crippen LogP) is 1.97. The highest BCUT2D eigenvalue weighted by Gasteiger charge is 2.27. The summed E-state index contributed by atoms with van der Waals surface area (Å²) in [7, 11) is 0. The van der Waals surface area contributed by atoms with E-state index in [1.54, 1.807) is 0 Å². The number of benzene rings is 1. The molecule has 2 unspecified atom stereocenters. The fourth-order valence-corrected chi connectivity index (χ4v) is 4.33. The van der Waals surface area contributed by atoms with E-state index in [1.165, 1.54) is 11.1 Å². The number of primary amides is 1. The van der Waals surface area contributed by atoms with Crippen LogP contribution in [-0.4, -0.2) is 62.1 Å². The number of carbonyl (C=O) groups excluding carboxylic acids is 1. The standard InChI is InChI=1S/C23H37N5O2/c1-3-25-23(27-20-10-12-28(13-11-20)16-21(24)29)26-15-19-5-4-14-30-22(19)18-8-6-17(2)7-9-18/h6-9,19-20,22H,3-5,10-16H2,1-2H3,(H2,24,29)(H2,25,26,27). The maximum atomic E-state index is 11.1. The van der Waals surface area contributed by atoms with Crippen molar-refractivity contribution in [3.05, 3.63) is 35.4 Å². The van der Waals surface area contributed by atoms with Crippen LogP contribution in [0, 0.1) is 12.8 Å². The number of aliphatic imine (C=N–C) groups is 1. The second-order valence-electron chi connectivity index (χ2n) is 8.49. The van der Waals surface area contributed by atoms with Gasteiger partial charge in [-0.15, -0.1) is 0 Å². The molecule has 7 nitrogen and oxygen atoms in total. The number of hydrogen-bond acceptors (Lipinski definition) is 4. The van der Waals surface area contributed by atoms with Gasteiger partial charge in [0.25, 0.3) is 0 Å². The van der Waals surface area contributed by atoms with Gasteiger partial charge in [0.05, 0.1) is 12.6 Å². The van der Waals surface area contributed by atoms with Gasteiger partial charge in [-0.1, -0.05) is 29.8 Å². The maximum absolute atomic E-state index is 11.1. The van der Waals surface area contributed by atoms with Crippen molar-refractivity contribution in [3.8, 4) is 0 Å². The van der Waals surface area contributed by atoms with E-state index in [4.69, 9.17) is 15.5 Å². The zero-order valence-corrected chi connectivity index (χ0v) is 18.4. The van der Waals surface area contributed by atoms with Gasteiger partial charge in [0.15, 0.2) is 5.96 Å². The molecular formula is C23H37N5O2. The summed E-state index contributed by atoms with van der Waals surface area (Å²) in [5.41, 5.74) is 7.83. The molecule has 2 aliphatic rings. The third-order valence-corrected chi connectivity index (χ3v) is 5.99. The third kappa shape index (κ3) is 6.71. The van der Waals surface area contributed by atoms with E-state index in [0.717, 1.165) is 64.4 Å². The summed E-state index contributed by atoms with van der Waals surface area (Å²) < 4.78 is 6.15. The Bertz CT molecular complexity index is 698. The van der Waals surface area contributed by atoms with Crippen LogP contribution in [0.1, 0.15) is 49.8 Å². The van der Waals surface area contributed by atoms with E-state index in [-0.39, 0.29) is 12.0 Å². The minimum Gasteiger partial charge on any atom is -0.373 e. The van der Waals surface area contributed by atoms with Crippen molar-refractivity contribution in [2.24, 2.45) is 16.6 Å². The highest BCUT2D eigenvalue weighted by Crippen LogP contribution is 2.34. The number of rotatable bonds is 7. The van der Waals surface area contributed by atoms with E-state index < -0.39 is 0 Å².